The van der Waals surface area contributed by atoms with E-state index in [1.807, 2.05) is 6.07 Å². The van der Waals surface area contributed by atoms with Gasteiger partial charge in [-0.2, -0.15) is 28.6 Å². The molecule has 0 atom stereocenters. The molecule has 1 N–H and O–H groups in total. The summed E-state index contributed by atoms with van der Waals surface area (Å²) in [7, 11) is 2.51. The smallest absolute Gasteiger partial charge is 0.433 e. The fraction of sp³-hybridized carbons (Fsp3) is 0.176. The predicted molar refractivity (Wildman–Crippen MR) is 96.0 cm³/mol. The number of anilines is 1. The maximum atomic E-state index is 12.9. The van der Waals surface area contributed by atoms with Crippen LogP contribution in [0.4, 0.5) is 19.0 Å². The van der Waals surface area contributed by atoms with Crippen LogP contribution in [0.1, 0.15) is 21.7 Å². The van der Waals surface area contributed by atoms with Gasteiger partial charge in [0.1, 0.15) is 23.1 Å². The highest BCUT2D eigenvalue weighted by Crippen LogP contribution is 2.30. The van der Waals surface area contributed by atoms with Crippen molar-refractivity contribution in [2.24, 2.45) is 7.05 Å². The molecular weight excluding hydrogens is 413 g/mol. The number of ether oxygens (including phenoxy) is 1. The van der Waals surface area contributed by atoms with E-state index in [0.29, 0.717) is 22.2 Å². The molecule has 1 aromatic carbocycles. The lowest BCUT2D eigenvalue weighted by atomic mass is 10.3. The molecule has 0 bridgehead atoms. The maximum absolute atomic E-state index is 12.9. The van der Waals surface area contributed by atoms with Crippen molar-refractivity contribution < 1.29 is 22.7 Å². The number of carbonyl (C=O) groups is 1. The molecule has 0 aliphatic heterocycles. The van der Waals surface area contributed by atoms with Crippen molar-refractivity contribution in [1.82, 2.24) is 19.6 Å². The molecule has 0 fully saturated rings. The number of amides is 1. The summed E-state index contributed by atoms with van der Waals surface area (Å²) in [5.41, 5.74) is -1.16. The van der Waals surface area contributed by atoms with Crippen LogP contribution in [-0.4, -0.2) is 32.6 Å². The Morgan fingerprint density at radius 2 is 2.07 bits per heavy atom. The number of hydrogen-bond donors (Lipinski definition) is 1. The molecule has 0 aliphatic carbocycles. The summed E-state index contributed by atoms with van der Waals surface area (Å²) in [5, 5.41) is 19.6. The lowest BCUT2D eigenvalue weighted by molar-refractivity contribution is -0.143. The van der Waals surface area contributed by atoms with Crippen LogP contribution in [0.2, 0.25) is 5.02 Å². The average molecular weight is 425 g/mol. The van der Waals surface area contributed by atoms with E-state index in [0.717, 1.165) is 7.05 Å². The molecule has 150 valence electrons. The Morgan fingerprint density at radius 1 is 1.34 bits per heavy atom. The first-order chi connectivity index (χ1) is 13.7. The molecule has 3 rings (SSSR count). The molecule has 1 amide bonds. The second kappa shape index (κ2) is 7.48. The van der Waals surface area contributed by atoms with Crippen LogP contribution in [0.5, 0.6) is 5.75 Å². The Hall–Kier alpha value is -3.52. The number of alkyl halides is 3. The third-order valence-corrected chi connectivity index (χ3v) is 4.20. The van der Waals surface area contributed by atoms with Crippen molar-refractivity contribution >= 4 is 23.3 Å². The zero-order valence-corrected chi connectivity index (χ0v) is 15.7. The van der Waals surface area contributed by atoms with Gasteiger partial charge in [-0.15, -0.1) is 0 Å². The van der Waals surface area contributed by atoms with E-state index in [-0.39, 0.29) is 16.4 Å². The van der Waals surface area contributed by atoms with Gasteiger partial charge in [-0.05, 0) is 18.2 Å². The second-order valence-electron chi connectivity index (χ2n) is 5.74. The first kappa shape index (κ1) is 20.2. The van der Waals surface area contributed by atoms with Crippen molar-refractivity contribution in [3.8, 4) is 17.5 Å². The highest BCUT2D eigenvalue weighted by Gasteiger charge is 2.36. The Kier molecular flexibility index (Phi) is 5.21. The molecular formula is C17H12ClF3N6O2. The summed E-state index contributed by atoms with van der Waals surface area (Å²) in [6.45, 7) is 0. The molecule has 0 spiro atoms. The summed E-state index contributed by atoms with van der Waals surface area (Å²) in [4.78, 5) is 12.5. The molecule has 12 heteroatoms. The van der Waals surface area contributed by atoms with Gasteiger partial charge in [0.15, 0.2) is 11.5 Å². The maximum Gasteiger partial charge on any atom is 0.433 e. The first-order valence-electron chi connectivity index (χ1n) is 7.90. The van der Waals surface area contributed by atoms with Gasteiger partial charge in [-0.3, -0.25) is 9.48 Å². The molecule has 0 saturated carbocycles. The first-order valence-corrected chi connectivity index (χ1v) is 8.28. The fourth-order valence-electron chi connectivity index (χ4n) is 2.55. The third-order valence-electron chi connectivity index (χ3n) is 3.90. The molecule has 0 unspecified atom stereocenters. The fourth-order valence-corrected chi connectivity index (χ4v) is 2.80. The summed E-state index contributed by atoms with van der Waals surface area (Å²) in [6, 6.07) is 7.11. The minimum Gasteiger partial charge on any atom is -0.495 e. The molecule has 2 aromatic heterocycles. The minimum atomic E-state index is -4.67. The van der Waals surface area contributed by atoms with Gasteiger partial charge in [0, 0.05) is 13.1 Å². The Bertz CT molecular complexity index is 1130. The van der Waals surface area contributed by atoms with Crippen molar-refractivity contribution in [3.63, 3.8) is 0 Å². The number of aromatic nitrogens is 4. The Balaban J connectivity index is 1.98. The van der Waals surface area contributed by atoms with Crippen LogP contribution < -0.4 is 10.1 Å². The molecule has 0 saturated heterocycles. The third kappa shape index (κ3) is 3.88. The number of carbonyl (C=O) groups excluding carboxylic acids is 1. The number of methoxy groups -OCH3 is 1. The number of hydrogen-bond acceptors (Lipinski definition) is 5. The number of aryl methyl sites for hydroxylation is 1. The standard InChI is InChI=1S/C17H12ClF3N6O2/c1-26-14(17(19,20)21)6-12(25-26)16(28)24-15-9(7-22)8-23-27(15)10-3-4-13(29-2)11(18)5-10/h3-6,8H,1-2H3,(H,24,28). The van der Waals surface area contributed by atoms with E-state index in [9.17, 15) is 23.2 Å². The molecule has 29 heavy (non-hydrogen) atoms. The van der Waals surface area contributed by atoms with Crippen molar-refractivity contribution in [2.45, 2.75) is 6.18 Å². The van der Waals surface area contributed by atoms with Gasteiger partial charge >= 0.3 is 6.18 Å². The average Bonchev–Trinajstić information content (AvgIpc) is 3.24. The van der Waals surface area contributed by atoms with Crippen molar-refractivity contribution in [2.75, 3.05) is 12.4 Å². The topological polar surface area (TPSA) is 97.8 Å². The molecule has 2 heterocycles. The van der Waals surface area contributed by atoms with Gasteiger partial charge in [0.05, 0.1) is 24.0 Å². The van der Waals surface area contributed by atoms with E-state index in [1.165, 1.54) is 24.1 Å². The quantitative estimate of drug-likeness (QED) is 0.692. The van der Waals surface area contributed by atoms with E-state index < -0.39 is 23.5 Å². The zero-order valence-electron chi connectivity index (χ0n) is 15.0. The minimum absolute atomic E-state index is 0.00253. The highest BCUT2D eigenvalue weighted by molar-refractivity contribution is 6.32. The molecule has 3 aromatic rings. The number of halogens is 4. The van der Waals surface area contributed by atoms with Crippen LogP contribution in [0, 0.1) is 11.3 Å². The van der Waals surface area contributed by atoms with Gasteiger partial charge < -0.3 is 10.1 Å². The molecule has 0 radical (unpaired) electrons. The summed E-state index contributed by atoms with van der Waals surface area (Å²) in [6.07, 6.45) is -3.47. The number of nitriles is 1. The number of rotatable bonds is 4. The lowest BCUT2D eigenvalue weighted by Crippen LogP contribution is -2.17. The van der Waals surface area contributed by atoms with Crippen LogP contribution in [0.15, 0.2) is 30.5 Å². The van der Waals surface area contributed by atoms with Crippen LogP contribution in [0.3, 0.4) is 0 Å². The lowest BCUT2D eigenvalue weighted by Gasteiger charge is -2.10. The van der Waals surface area contributed by atoms with E-state index in [4.69, 9.17) is 16.3 Å². The molecule has 0 aliphatic rings. The van der Waals surface area contributed by atoms with E-state index in [1.54, 1.807) is 12.1 Å². The van der Waals surface area contributed by atoms with Crippen LogP contribution >= 0.6 is 11.6 Å². The van der Waals surface area contributed by atoms with Crippen LogP contribution in [-0.2, 0) is 13.2 Å². The summed E-state index contributed by atoms with van der Waals surface area (Å²) < 4.78 is 45.6. The van der Waals surface area contributed by atoms with E-state index in [2.05, 4.69) is 15.5 Å². The zero-order chi connectivity index (χ0) is 21.3. The van der Waals surface area contributed by atoms with Crippen molar-refractivity contribution in [1.29, 1.82) is 5.26 Å². The number of benzene rings is 1. The normalized spacial score (nSPS) is 11.2. The Morgan fingerprint density at radius 3 is 2.62 bits per heavy atom. The highest BCUT2D eigenvalue weighted by atomic mass is 35.5. The largest absolute Gasteiger partial charge is 0.495 e. The van der Waals surface area contributed by atoms with Gasteiger partial charge in [-0.25, -0.2) is 4.68 Å². The second-order valence-corrected chi connectivity index (χ2v) is 6.15. The predicted octanol–water partition coefficient (Wildman–Crippen LogP) is 3.41. The van der Waals surface area contributed by atoms with Crippen LogP contribution in [0.25, 0.3) is 5.69 Å². The number of nitrogens with zero attached hydrogens (tertiary/aromatic N) is 5. The van der Waals surface area contributed by atoms with Gasteiger partial charge in [-0.1, -0.05) is 11.6 Å². The van der Waals surface area contributed by atoms with Gasteiger partial charge in [0.2, 0.25) is 0 Å². The molecule has 8 nitrogen and oxygen atoms in total. The SMILES string of the molecule is COc1ccc(-n2ncc(C#N)c2NC(=O)c2cc(C(F)(F)F)n(C)n2)cc1Cl. The van der Waals surface area contributed by atoms with E-state index >= 15 is 0 Å². The Labute approximate surface area is 167 Å². The summed E-state index contributed by atoms with van der Waals surface area (Å²) in [5.74, 6) is -0.575. The number of nitrogens with one attached hydrogen (secondary N) is 1. The summed E-state index contributed by atoms with van der Waals surface area (Å²) >= 11 is 6.10. The van der Waals surface area contributed by atoms with Gasteiger partial charge in [0.25, 0.3) is 5.91 Å². The van der Waals surface area contributed by atoms with Crippen molar-refractivity contribution in [3.05, 3.63) is 52.4 Å². The monoisotopic (exact) mass is 424 g/mol.